The van der Waals surface area contributed by atoms with Crippen molar-refractivity contribution in [1.82, 2.24) is 15.5 Å². The monoisotopic (exact) mass is 316 g/mol. The van der Waals surface area contributed by atoms with E-state index in [1.54, 1.807) is 30.3 Å². The molecule has 1 amide bonds. The number of nitrogens with one attached hydrogen (secondary N) is 2. The number of hydrogen-bond acceptors (Lipinski definition) is 4. The topological polar surface area (TPSA) is 66.9 Å². The van der Waals surface area contributed by atoms with Crippen LogP contribution in [-0.4, -0.2) is 29.2 Å². The van der Waals surface area contributed by atoms with Gasteiger partial charge in [-0.25, -0.2) is 4.39 Å². The van der Waals surface area contributed by atoms with Gasteiger partial charge in [-0.15, -0.1) is 10.2 Å². The van der Waals surface area contributed by atoms with Crippen LogP contribution in [0.25, 0.3) is 0 Å². The van der Waals surface area contributed by atoms with Crippen LogP contribution in [0.1, 0.15) is 29.9 Å². The maximum Gasteiger partial charge on any atom is 0.271 e. The summed E-state index contributed by atoms with van der Waals surface area (Å²) in [5.41, 5.74) is 0.820. The molecule has 1 heterocycles. The zero-order valence-corrected chi connectivity index (χ0v) is 13.3. The Labute approximate surface area is 135 Å². The average Bonchev–Trinajstić information content (AvgIpc) is 2.55. The van der Waals surface area contributed by atoms with E-state index in [1.165, 1.54) is 6.07 Å². The molecule has 2 rings (SSSR count). The van der Waals surface area contributed by atoms with Gasteiger partial charge in [-0.3, -0.25) is 4.79 Å². The number of carbonyl (C=O) groups is 1. The van der Waals surface area contributed by atoms with Crippen LogP contribution in [0, 0.1) is 11.7 Å². The van der Waals surface area contributed by atoms with Crippen LogP contribution in [0.3, 0.4) is 0 Å². The van der Waals surface area contributed by atoms with E-state index >= 15 is 0 Å². The SMILES string of the molecule is CC(C)CNc1ccc(C(=O)NCCc2ccccc2F)nn1. The zero-order chi connectivity index (χ0) is 16.7. The molecule has 1 aromatic carbocycles. The second kappa shape index (κ2) is 8.22. The van der Waals surface area contributed by atoms with Crippen molar-refractivity contribution < 1.29 is 9.18 Å². The first-order chi connectivity index (χ1) is 11.1. The summed E-state index contributed by atoms with van der Waals surface area (Å²) in [6, 6.07) is 9.87. The van der Waals surface area contributed by atoms with Gasteiger partial charge in [0.1, 0.15) is 11.6 Å². The summed E-state index contributed by atoms with van der Waals surface area (Å²) in [5, 5.41) is 13.7. The van der Waals surface area contributed by atoms with Gasteiger partial charge in [-0.2, -0.15) is 0 Å². The summed E-state index contributed by atoms with van der Waals surface area (Å²) in [4.78, 5) is 12.0. The fourth-order valence-corrected chi connectivity index (χ4v) is 1.96. The van der Waals surface area contributed by atoms with Crippen molar-refractivity contribution >= 4 is 11.7 Å². The number of amides is 1. The first-order valence-corrected chi connectivity index (χ1v) is 7.65. The normalized spacial score (nSPS) is 10.6. The van der Waals surface area contributed by atoms with Crippen molar-refractivity contribution in [2.24, 2.45) is 5.92 Å². The van der Waals surface area contributed by atoms with E-state index in [1.807, 2.05) is 0 Å². The molecule has 5 nitrogen and oxygen atoms in total. The lowest BCUT2D eigenvalue weighted by atomic mass is 10.1. The van der Waals surface area contributed by atoms with Crippen LogP contribution < -0.4 is 10.6 Å². The number of hydrogen-bond donors (Lipinski definition) is 2. The Morgan fingerprint density at radius 1 is 1.17 bits per heavy atom. The molecule has 122 valence electrons. The number of benzene rings is 1. The highest BCUT2D eigenvalue weighted by molar-refractivity contribution is 5.92. The van der Waals surface area contributed by atoms with E-state index < -0.39 is 0 Å². The molecule has 0 aliphatic carbocycles. The maximum atomic E-state index is 13.5. The zero-order valence-electron chi connectivity index (χ0n) is 13.3. The second-order valence-electron chi connectivity index (χ2n) is 5.68. The Morgan fingerprint density at radius 3 is 2.61 bits per heavy atom. The lowest BCUT2D eigenvalue weighted by Crippen LogP contribution is -2.27. The summed E-state index contributed by atoms with van der Waals surface area (Å²) < 4.78 is 13.5. The summed E-state index contributed by atoms with van der Waals surface area (Å²) in [6.07, 6.45) is 0.430. The molecule has 0 spiro atoms. The molecule has 0 aliphatic rings. The summed E-state index contributed by atoms with van der Waals surface area (Å²) in [7, 11) is 0. The summed E-state index contributed by atoms with van der Waals surface area (Å²) in [5.74, 6) is 0.561. The number of nitrogens with zero attached hydrogens (tertiary/aromatic N) is 2. The quantitative estimate of drug-likeness (QED) is 0.824. The van der Waals surface area contributed by atoms with Crippen LogP contribution in [-0.2, 0) is 6.42 Å². The van der Waals surface area contributed by atoms with E-state index in [4.69, 9.17) is 0 Å². The fourth-order valence-electron chi connectivity index (χ4n) is 1.96. The standard InChI is InChI=1S/C17H21FN4O/c1-12(2)11-20-16-8-7-15(21-22-16)17(23)19-10-9-13-5-3-4-6-14(13)18/h3-8,12H,9-11H2,1-2H3,(H,19,23)(H,20,22). The molecule has 2 N–H and O–H groups in total. The van der Waals surface area contributed by atoms with E-state index in [-0.39, 0.29) is 17.4 Å². The smallest absolute Gasteiger partial charge is 0.271 e. The highest BCUT2D eigenvalue weighted by Crippen LogP contribution is 2.07. The van der Waals surface area contributed by atoms with Gasteiger partial charge in [-0.1, -0.05) is 32.0 Å². The fraction of sp³-hybridized carbons (Fsp3) is 0.353. The highest BCUT2D eigenvalue weighted by atomic mass is 19.1. The van der Waals surface area contributed by atoms with Crippen LogP contribution >= 0.6 is 0 Å². The molecule has 0 atom stereocenters. The van der Waals surface area contributed by atoms with E-state index in [0.717, 1.165) is 6.54 Å². The largest absolute Gasteiger partial charge is 0.368 e. The lowest BCUT2D eigenvalue weighted by molar-refractivity contribution is 0.0948. The molecule has 0 aliphatic heterocycles. The Bertz CT molecular complexity index is 643. The first-order valence-electron chi connectivity index (χ1n) is 7.65. The highest BCUT2D eigenvalue weighted by Gasteiger charge is 2.08. The third kappa shape index (κ3) is 5.32. The Morgan fingerprint density at radius 2 is 1.96 bits per heavy atom. The minimum absolute atomic E-state index is 0.244. The Balaban J connectivity index is 1.82. The van der Waals surface area contributed by atoms with Crippen LogP contribution in [0.2, 0.25) is 0 Å². The number of aromatic nitrogens is 2. The third-order valence-electron chi connectivity index (χ3n) is 3.23. The molecular weight excluding hydrogens is 295 g/mol. The van der Waals surface area contributed by atoms with Gasteiger partial charge in [0.15, 0.2) is 5.69 Å². The van der Waals surface area contributed by atoms with E-state index in [0.29, 0.717) is 30.3 Å². The van der Waals surface area contributed by atoms with Crippen molar-refractivity contribution in [3.8, 4) is 0 Å². The number of rotatable bonds is 7. The van der Waals surface area contributed by atoms with Gasteiger partial charge in [0, 0.05) is 13.1 Å². The van der Waals surface area contributed by atoms with Crippen molar-refractivity contribution in [2.45, 2.75) is 20.3 Å². The van der Waals surface area contributed by atoms with Gasteiger partial charge < -0.3 is 10.6 Å². The molecule has 0 saturated carbocycles. The Hall–Kier alpha value is -2.50. The average molecular weight is 316 g/mol. The van der Waals surface area contributed by atoms with E-state index in [2.05, 4.69) is 34.7 Å². The molecule has 2 aromatic rings. The first kappa shape index (κ1) is 16.9. The van der Waals surface area contributed by atoms with Gasteiger partial charge in [0.05, 0.1) is 0 Å². The van der Waals surface area contributed by atoms with Crippen LogP contribution in [0.5, 0.6) is 0 Å². The molecule has 0 bridgehead atoms. The van der Waals surface area contributed by atoms with Gasteiger partial charge >= 0.3 is 0 Å². The molecule has 23 heavy (non-hydrogen) atoms. The molecule has 0 fully saturated rings. The van der Waals surface area contributed by atoms with Crippen LogP contribution in [0.4, 0.5) is 10.2 Å². The Kier molecular flexibility index (Phi) is 6.02. The number of halogens is 1. The van der Waals surface area contributed by atoms with Crippen molar-refractivity contribution in [2.75, 3.05) is 18.4 Å². The number of carbonyl (C=O) groups excluding carboxylic acids is 1. The molecule has 0 saturated heterocycles. The minimum atomic E-state index is -0.316. The third-order valence-corrected chi connectivity index (χ3v) is 3.23. The van der Waals surface area contributed by atoms with E-state index in [9.17, 15) is 9.18 Å². The predicted molar refractivity (Wildman–Crippen MR) is 87.8 cm³/mol. The maximum absolute atomic E-state index is 13.5. The van der Waals surface area contributed by atoms with Crippen molar-refractivity contribution in [1.29, 1.82) is 0 Å². The second-order valence-corrected chi connectivity index (χ2v) is 5.68. The molecular formula is C17H21FN4O. The summed E-state index contributed by atoms with van der Waals surface area (Å²) >= 11 is 0. The predicted octanol–water partition coefficient (Wildman–Crippen LogP) is 2.66. The van der Waals surface area contributed by atoms with Crippen molar-refractivity contribution in [3.63, 3.8) is 0 Å². The molecule has 1 aromatic heterocycles. The van der Waals surface area contributed by atoms with Gasteiger partial charge in [0.2, 0.25) is 0 Å². The molecule has 0 radical (unpaired) electrons. The summed E-state index contributed by atoms with van der Waals surface area (Å²) in [6.45, 7) is 5.33. The van der Waals surface area contributed by atoms with Crippen molar-refractivity contribution in [3.05, 3.63) is 53.5 Å². The van der Waals surface area contributed by atoms with Gasteiger partial charge in [0.25, 0.3) is 5.91 Å². The lowest BCUT2D eigenvalue weighted by Gasteiger charge is -2.08. The van der Waals surface area contributed by atoms with Crippen LogP contribution in [0.15, 0.2) is 36.4 Å². The minimum Gasteiger partial charge on any atom is -0.368 e. The number of anilines is 1. The molecule has 0 unspecified atom stereocenters. The molecule has 6 heteroatoms. The van der Waals surface area contributed by atoms with Gasteiger partial charge in [-0.05, 0) is 36.1 Å².